The molecule has 0 amide bonds. The first-order valence-corrected chi connectivity index (χ1v) is 4.24. The summed E-state index contributed by atoms with van der Waals surface area (Å²) in [6.07, 6.45) is 0. The first-order valence-electron chi connectivity index (χ1n) is 4.24. The van der Waals surface area contributed by atoms with Crippen LogP contribution in [0.2, 0.25) is 0 Å². The van der Waals surface area contributed by atoms with Gasteiger partial charge in [0.25, 0.3) is 0 Å². The molecule has 1 aliphatic heterocycles. The van der Waals surface area contributed by atoms with E-state index in [1.54, 1.807) is 7.05 Å². The number of aliphatic hydroxyl groups excluding tert-OH is 1. The molecule has 0 radical (unpaired) electrons. The average molecular weight is 178 g/mol. The van der Waals surface area contributed by atoms with Crippen LogP contribution in [0.25, 0.3) is 0 Å². The van der Waals surface area contributed by atoms with Crippen LogP contribution in [0.1, 0.15) is 0 Å². The molecular formula is C7H18N2O3+2. The molecule has 0 aromatic carbocycles. The summed E-state index contributed by atoms with van der Waals surface area (Å²) in [5.41, 5.74) is 0. The van der Waals surface area contributed by atoms with Gasteiger partial charge in [-0.05, 0) is 0 Å². The molecule has 72 valence electrons. The topological polar surface area (TPSA) is 60.7 Å². The lowest BCUT2D eigenvalue weighted by atomic mass is 10.3. The SMILES string of the molecule is C[N+]1(O)CC[N+](O)(CCO)CC1. The highest BCUT2D eigenvalue weighted by Crippen LogP contribution is 2.11. The van der Waals surface area contributed by atoms with Gasteiger partial charge in [0, 0.05) is 0 Å². The second-order valence-electron chi connectivity index (χ2n) is 3.78. The maximum atomic E-state index is 9.76. The van der Waals surface area contributed by atoms with Crippen LogP contribution >= 0.6 is 0 Å². The molecule has 0 spiro atoms. The van der Waals surface area contributed by atoms with Gasteiger partial charge in [-0.2, -0.15) is 9.29 Å². The van der Waals surface area contributed by atoms with Gasteiger partial charge in [-0.25, -0.2) is 10.4 Å². The molecule has 0 unspecified atom stereocenters. The molecule has 1 fully saturated rings. The van der Waals surface area contributed by atoms with Crippen molar-refractivity contribution in [3.05, 3.63) is 0 Å². The molecule has 5 heteroatoms. The molecular weight excluding hydrogens is 160 g/mol. The average Bonchev–Trinajstić information content (AvgIpc) is 1.98. The van der Waals surface area contributed by atoms with E-state index in [1.165, 1.54) is 0 Å². The predicted octanol–water partition coefficient (Wildman–Crippen LogP) is -0.966. The lowest BCUT2D eigenvalue weighted by Gasteiger charge is -2.38. The number of aliphatic hydroxyl groups is 1. The molecule has 1 saturated heterocycles. The second-order valence-corrected chi connectivity index (χ2v) is 3.78. The summed E-state index contributed by atoms with van der Waals surface area (Å²) >= 11 is 0. The van der Waals surface area contributed by atoms with Crippen LogP contribution in [0.3, 0.4) is 0 Å². The lowest BCUT2D eigenvalue weighted by Crippen LogP contribution is -2.63. The molecule has 1 heterocycles. The van der Waals surface area contributed by atoms with Gasteiger partial charge in [-0.3, -0.25) is 0 Å². The zero-order valence-corrected chi connectivity index (χ0v) is 7.48. The van der Waals surface area contributed by atoms with Crippen LogP contribution < -0.4 is 0 Å². The van der Waals surface area contributed by atoms with Crippen molar-refractivity contribution in [3.8, 4) is 0 Å². The molecule has 0 aromatic rings. The number of hydrogen-bond donors (Lipinski definition) is 3. The number of likely N-dealkylation sites (N-methyl/N-ethyl adjacent to an activating group) is 1. The van der Waals surface area contributed by atoms with E-state index in [9.17, 15) is 10.4 Å². The van der Waals surface area contributed by atoms with E-state index >= 15 is 0 Å². The van der Waals surface area contributed by atoms with E-state index in [4.69, 9.17) is 5.11 Å². The van der Waals surface area contributed by atoms with Gasteiger partial charge >= 0.3 is 0 Å². The van der Waals surface area contributed by atoms with Gasteiger partial charge < -0.3 is 5.11 Å². The van der Waals surface area contributed by atoms with E-state index in [-0.39, 0.29) is 15.9 Å². The van der Waals surface area contributed by atoms with Crippen LogP contribution in [0.15, 0.2) is 0 Å². The van der Waals surface area contributed by atoms with E-state index in [0.29, 0.717) is 32.7 Å². The quantitative estimate of drug-likeness (QED) is 0.477. The van der Waals surface area contributed by atoms with Gasteiger partial charge in [0.2, 0.25) is 0 Å². The first-order chi connectivity index (χ1) is 5.47. The highest BCUT2D eigenvalue weighted by Gasteiger charge is 2.38. The van der Waals surface area contributed by atoms with Gasteiger partial charge in [-0.1, -0.05) is 0 Å². The van der Waals surface area contributed by atoms with Crippen molar-refractivity contribution >= 4 is 0 Å². The normalized spacial score (nSPS) is 43.0. The Labute approximate surface area is 72.2 Å². The zero-order chi connectivity index (χ0) is 9.24. The second kappa shape index (κ2) is 3.27. The summed E-state index contributed by atoms with van der Waals surface area (Å²) in [6.45, 7) is 2.44. The smallest absolute Gasteiger partial charge is 0.161 e. The Morgan fingerprint density at radius 3 is 2.00 bits per heavy atom. The van der Waals surface area contributed by atoms with Crippen molar-refractivity contribution in [1.82, 2.24) is 0 Å². The number of hydroxylamine groups is 6. The minimum Gasteiger partial charge on any atom is -0.390 e. The van der Waals surface area contributed by atoms with Crippen molar-refractivity contribution < 1.29 is 24.8 Å². The lowest BCUT2D eigenvalue weighted by molar-refractivity contribution is -1.18. The number of nitrogens with zero attached hydrogens (tertiary/aromatic N) is 2. The van der Waals surface area contributed by atoms with Gasteiger partial charge in [0.15, 0.2) is 26.2 Å². The highest BCUT2D eigenvalue weighted by atomic mass is 16.6. The monoisotopic (exact) mass is 178 g/mol. The van der Waals surface area contributed by atoms with Crippen molar-refractivity contribution in [1.29, 1.82) is 0 Å². The standard InChI is InChI=1S/C7H18N2O3/c1-8(11)2-4-9(12,5-3-8)6-7-10/h10-12H,2-7H2,1H3/q+2. The molecule has 0 aliphatic carbocycles. The Morgan fingerprint density at radius 1 is 1.08 bits per heavy atom. The molecule has 0 bridgehead atoms. The van der Waals surface area contributed by atoms with Gasteiger partial charge in [0.1, 0.15) is 6.54 Å². The molecule has 3 N–H and O–H groups in total. The Hall–Kier alpha value is -0.200. The fourth-order valence-corrected chi connectivity index (χ4v) is 1.44. The molecule has 1 aliphatic rings. The third-order valence-electron chi connectivity index (χ3n) is 2.51. The Balaban J connectivity index is 2.44. The van der Waals surface area contributed by atoms with Crippen molar-refractivity contribution in [2.75, 3.05) is 46.4 Å². The summed E-state index contributed by atoms with van der Waals surface area (Å²) in [5, 5.41) is 28.0. The van der Waals surface area contributed by atoms with Crippen LogP contribution in [0.5, 0.6) is 0 Å². The largest absolute Gasteiger partial charge is 0.390 e. The first kappa shape index (κ1) is 9.88. The summed E-state index contributed by atoms with van der Waals surface area (Å²) < 4.78 is -0.128. The van der Waals surface area contributed by atoms with Crippen LogP contribution in [-0.2, 0) is 0 Å². The van der Waals surface area contributed by atoms with Gasteiger partial charge in [-0.15, -0.1) is 0 Å². The number of hydrogen-bond acceptors (Lipinski definition) is 3. The summed E-state index contributed by atoms with van der Waals surface area (Å²) in [4.78, 5) is 0. The third-order valence-corrected chi connectivity index (χ3v) is 2.51. The highest BCUT2D eigenvalue weighted by molar-refractivity contribution is 4.42. The fraction of sp³-hybridized carbons (Fsp3) is 1.00. The molecule has 12 heavy (non-hydrogen) atoms. The van der Waals surface area contributed by atoms with Crippen LogP contribution in [0.4, 0.5) is 0 Å². The van der Waals surface area contributed by atoms with E-state index in [1.807, 2.05) is 0 Å². The summed E-state index contributed by atoms with van der Waals surface area (Å²) in [5.74, 6) is 0. The van der Waals surface area contributed by atoms with E-state index < -0.39 is 0 Å². The van der Waals surface area contributed by atoms with Crippen molar-refractivity contribution in [3.63, 3.8) is 0 Å². The molecule has 0 saturated carbocycles. The fourth-order valence-electron chi connectivity index (χ4n) is 1.44. The Bertz CT molecular complexity index is 151. The molecule has 5 nitrogen and oxygen atoms in total. The predicted molar refractivity (Wildman–Crippen MR) is 41.4 cm³/mol. The third kappa shape index (κ3) is 2.40. The Morgan fingerprint density at radius 2 is 1.58 bits per heavy atom. The number of quaternary nitrogens is 2. The number of piperazine rings is 1. The summed E-state index contributed by atoms with van der Waals surface area (Å²) in [6, 6.07) is 0. The Kier molecular flexibility index (Phi) is 2.70. The minimum atomic E-state index is -0.106. The number of rotatable bonds is 2. The van der Waals surface area contributed by atoms with Crippen LogP contribution in [-0.4, -0.2) is 71.2 Å². The van der Waals surface area contributed by atoms with Gasteiger partial charge in [0.05, 0.1) is 13.7 Å². The van der Waals surface area contributed by atoms with E-state index in [2.05, 4.69) is 0 Å². The maximum Gasteiger partial charge on any atom is 0.161 e. The van der Waals surface area contributed by atoms with Crippen molar-refractivity contribution in [2.45, 2.75) is 0 Å². The van der Waals surface area contributed by atoms with Crippen LogP contribution in [0, 0.1) is 0 Å². The maximum absolute atomic E-state index is 9.76. The van der Waals surface area contributed by atoms with Crippen molar-refractivity contribution in [2.24, 2.45) is 0 Å². The minimum absolute atomic E-state index is 0.00829. The summed E-state index contributed by atoms with van der Waals surface area (Å²) in [7, 11) is 1.72. The molecule has 1 rings (SSSR count). The molecule has 0 aromatic heterocycles. The zero-order valence-electron chi connectivity index (χ0n) is 7.48. The van der Waals surface area contributed by atoms with E-state index in [0.717, 1.165) is 0 Å². The molecule has 0 atom stereocenters.